The molecule has 0 fully saturated rings. The number of carbonyl (C=O) groups is 2. The highest BCUT2D eigenvalue weighted by atomic mass is 16.3. The molecule has 30 heavy (non-hydrogen) atoms. The lowest BCUT2D eigenvalue weighted by Crippen LogP contribution is -2.05. The Morgan fingerprint density at radius 2 is 1.77 bits per heavy atom. The number of rotatable bonds is 5. The van der Waals surface area contributed by atoms with Gasteiger partial charge in [-0.1, -0.05) is 24.3 Å². The molecule has 0 aliphatic carbocycles. The number of aromatic hydroxyl groups is 1. The van der Waals surface area contributed by atoms with E-state index >= 15 is 0 Å². The molecule has 0 saturated carbocycles. The minimum absolute atomic E-state index is 0.108. The summed E-state index contributed by atoms with van der Waals surface area (Å²) in [7, 11) is 0. The third kappa shape index (κ3) is 4.33. The van der Waals surface area contributed by atoms with Gasteiger partial charge in [0.05, 0.1) is 5.57 Å². The third-order valence-electron chi connectivity index (χ3n) is 4.75. The van der Waals surface area contributed by atoms with Gasteiger partial charge < -0.3 is 21.1 Å². The fraction of sp³-hybridized carbons (Fsp3) is 0.0833. The van der Waals surface area contributed by atoms with Gasteiger partial charge in [-0.3, -0.25) is 9.59 Å². The first-order chi connectivity index (χ1) is 14.5. The number of anilines is 3. The molecule has 1 aliphatic rings. The van der Waals surface area contributed by atoms with Crippen LogP contribution in [0.3, 0.4) is 0 Å². The Labute approximate surface area is 174 Å². The van der Waals surface area contributed by atoms with Gasteiger partial charge in [-0.25, -0.2) is 0 Å². The van der Waals surface area contributed by atoms with Crippen molar-refractivity contribution in [2.24, 2.45) is 0 Å². The maximum absolute atomic E-state index is 12.4. The lowest BCUT2D eigenvalue weighted by atomic mass is 9.99. The molecular weight excluding hydrogens is 378 g/mol. The van der Waals surface area contributed by atoms with E-state index in [1.54, 1.807) is 24.4 Å². The second-order valence-corrected chi connectivity index (χ2v) is 7.15. The van der Waals surface area contributed by atoms with Crippen molar-refractivity contribution in [3.05, 3.63) is 89.6 Å². The standard InChI is InChI=1S/C24H21N3O3/c1-15(28)26-19-6-2-4-16(11-19)10-17-8-9-23-21(12-17)22(24(30)27-23)14-25-18-5-3-7-20(29)13-18/h2-9,11-14,25,29H,10H2,1H3,(H,26,28)(H,27,30)/b22-14+. The largest absolute Gasteiger partial charge is 0.508 e. The maximum Gasteiger partial charge on any atom is 0.257 e. The first kappa shape index (κ1) is 19.3. The van der Waals surface area contributed by atoms with Crippen LogP contribution in [0.15, 0.2) is 72.9 Å². The highest BCUT2D eigenvalue weighted by molar-refractivity contribution is 6.31. The summed E-state index contributed by atoms with van der Waals surface area (Å²) in [5.41, 5.74) is 5.67. The van der Waals surface area contributed by atoms with Crippen molar-refractivity contribution < 1.29 is 14.7 Å². The van der Waals surface area contributed by atoms with Gasteiger partial charge in [0.25, 0.3) is 5.91 Å². The molecule has 6 nitrogen and oxygen atoms in total. The number of nitrogens with one attached hydrogen (secondary N) is 3. The molecule has 0 saturated heterocycles. The van der Waals surface area contributed by atoms with E-state index in [1.165, 1.54) is 6.92 Å². The molecule has 0 unspecified atom stereocenters. The summed E-state index contributed by atoms with van der Waals surface area (Å²) < 4.78 is 0. The summed E-state index contributed by atoms with van der Waals surface area (Å²) in [5, 5.41) is 18.3. The van der Waals surface area contributed by atoms with Gasteiger partial charge in [0.2, 0.25) is 5.91 Å². The van der Waals surface area contributed by atoms with Gasteiger partial charge in [-0.15, -0.1) is 0 Å². The van der Waals surface area contributed by atoms with Gasteiger partial charge in [-0.05, 0) is 53.9 Å². The predicted molar refractivity (Wildman–Crippen MR) is 118 cm³/mol. The summed E-state index contributed by atoms with van der Waals surface area (Å²) >= 11 is 0. The van der Waals surface area contributed by atoms with Crippen molar-refractivity contribution in [2.75, 3.05) is 16.0 Å². The predicted octanol–water partition coefficient (Wildman–Crippen LogP) is 4.35. The minimum Gasteiger partial charge on any atom is -0.508 e. The first-order valence-electron chi connectivity index (χ1n) is 9.55. The highest BCUT2D eigenvalue weighted by Gasteiger charge is 2.24. The van der Waals surface area contributed by atoms with Crippen LogP contribution in [-0.4, -0.2) is 16.9 Å². The van der Waals surface area contributed by atoms with Crippen molar-refractivity contribution in [2.45, 2.75) is 13.3 Å². The average Bonchev–Trinajstić information content (AvgIpc) is 3.01. The molecule has 6 heteroatoms. The molecule has 4 rings (SSSR count). The normalized spacial score (nSPS) is 13.6. The van der Waals surface area contributed by atoms with E-state index in [4.69, 9.17) is 0 Å². The van der Waals surface area contributed by atoms with Crippen LogP contribution in [0.2, 0.25) is 0 Å². The van der Waals surface area contributed by atoms with Crippen molar-refractivity contribution >= 4 is 34.4 Å². The topological polar surface area (TPSA) is 90.5 Å². The Hall–Kier alpha value is -4.06. The summed E-state index contributed by atoms with van der Waals surface area (Å²) in [5.74, 6) is -0.135. The van der Waals surface area contributed by atoms with Crippen molar-refractivity contribution in [1.29, 1.82) is 0 Å². The Balaban J connectivity index is 1.57. The lowest BCUT2D eigenvalue weighted by molar-refractivity contribution is -0.114. The number of carbonyl (C=O) groups excluding carboxylic acids is 2. The first-order valence-corrected chi connectivity index (χ1v) is 9.55. The van der Waals surface area contributed by atoms with E-state index in [0.29, 0.717) is 17.7 Å². The molecule has 150 valence electrons. The molecule has 2 amide bonds. The molecule has 1 heterocycles. The van der Waals surface area contributed by atoms with E-state index in [0.717, 1.165) is 28.1 Å². The summed E-state index contributed by atoms with van der Waals surface area (Å²) in [6.45, 7) is 1.48. The van der Waals surface area contributed by atoms with Crippen LogP contribution in [0.1, 0.15) is 23.6 Å². The zero-order chi connectivity index (χ0) is 21.1. The highest BCUT2D eigenvalue weighted by Crippen LogP contribution is 2.33. The molecular formula is C24H21N3O3. The molecule has 3 aromatic rings. The van der Waals surface area contributed by atoms with Crippen LogP contribution in [0.5, 0.6) is 5.75 Å². The van der Waals surface area contributed by atoms with Crippen LogP contribution >= 0.6 is 0 Å². The van der Waals surface area contributed by atoms with Crippen LogP contribution in [0.4, 0.5) is 17.1 Å². The van der Waals surface area contributed by atoms with Gasteiger partial charge in [0.1, 0.15) is 5.75 Å². The third-order valence-corrected chi connectivity index (χ3v) is 4.75. The van der Waals surface area contributed by atoms with E-state index in [2.05, 4.69) is 16.0 Å². The molecule has 0 atom stereocenters. The number of hydrogen-bond acceptors (Lipinski definition) is 4. The quantitative estimate of drug-likeness (QED) is 0.480. The number of phenols is 1. The molecule has 0 aromatic heterocycles. The Bertz CT molecular complexity index is 1170. The Morgan fingerprint density at radius 3 is 2.57 bits per heavy atom. The second kappa shape index (κ2) is 8.13. The van der Waals surface area contributed by atoms with E-state index in [9.17, 15) is 14.7 Å². The summed E-state index contributed by atoms with van der Waals surface area (Å²) in [6.07, 6.45) is 2.32. The number of fused-ring (bicyclic) bond motifs is 1. The van der Waals surface area contributed by atoms with E-state index in [-0.39, 0.29) is 17.6 Å². The summed E-state index contributed by atoms with van der Waals surface area (Å²) in [6, 6.07) is 20.3. The van der Waals surface area contributed by atoms with E-state index < -0.39 is 0 Å². The molecule has 0 radical (unpaired) electrons. The maximum atomic E-state index is 12.4. The SMILES string of the molecule is CC(=O)Nc1cccc(Cc2ccc3c(c2)/C(=C\Nc2cccc(O)c2)C(=O)N3)c1. The summed E-state index contributed by atoms with van der Waals surface area (Å²) in [4.78, 5) is 23.7. The fourth-order valence-corrected chi connectivity index (χ4v) is 3.44. The number of hydrogen-bond donors (Lipinski definition) is 4. The molecule has 4 N–H and O–H groups in total. The van der Waals surface area contributed by atoms with Crippen molar-refractivity contribution in [3.63, 3.8) is 0 Å². The number of benzene rings is 3. The van der Waals surface area contributed by atoms with Crippen LogP contribution in [0, 0.1) is 0 Å². The number of phenolic OH excluding ortho intramolecular Hbond substituents is 1. The lowest BCUT2D eigenvalue weighted by Gasteiger charge is -2.08. The van der Waals surface area contributed by atoms with Gasteiger partial charge >= 0.3 is 0 Å². The Morgan fingerprint density at radius 1 is 1.00 bits per heavy atom. The molecule has 3 aromatic carbocycles. The van der Waals surface area contributed by atoms with Crippen LogP contribution < -0.4 is 16.0 Å². The fourth-order valence-electron chi connectivity index (χ4n) is 3.44. The Kier molecular flexibility index (Phi) is 5.22. The number of amides is 2. The zero-order valence-corrected chi connectivity index (χ0v) is 16.4. The van der Waals surface area contributed by atoms with Gasteiger partial charge in [-0.2, -0.15) is 0 Å². The van der Waals surface area contributed by atoms with Crippen LogP contribution in [-0.2, 0) is 16.0 Å². The van der Waals surface area contributed by atoms with Crippen molar-refractivity contribution in [3.8, 4) is 5.75 Å². The molecule has 1 aliphatic heterocycles. The van der Waals surface area contributed by atoms with Crippen molar-refractivity contribution in [1.82, 2.24) is 0 Å². The minimum atomic E-state index is -0.178. The van der Waals surface area contributed by atoms with Gasteiger partial charge in [0.15, 0.2) is 0 Å². The van der Waals surface area contributed by atoms with E-state index in [1.807, 2.05) is 48.5 Å². The van der Waals surface area contributed by atoms with Gasteiger partial charge in [0, 0.05) is 41.8 Å². The van der Waals surface area contributed by atoms with Crippen LogP contribution in [0.25, 0.3) is 5.57 Å². The average molecular weight is 399 g/mol. The smallest absolute Gasteiger partial charge is 0.257 e. The molecule has 0 bridgehead atoms. The zero-order valence-electron chi connectivity index (χ0n) is 16.4. The second-order valence-electron chi connectivity index (χ2n) is 7.15. The monoisotopic (exact) mass is 399 g/mol. The molecule has 0 spiro atoms.